The number of nitrogens with zero attached hydrogens (tertiary/aromatic N) is 3. The molecular formula is C15H18N4O. The summed E-state index contributed by atoms with van der Waals surface area (Å²) < 4.78 is 2.09. The molecule has 0 bridgehead atoms. The van der Waals surface area contributed by atoms with Crippen molar-refractivity contribution in [2.45, 2.75) is 38.8 Å². The Morgan fingerprint density at radius 2 is 2.35 bits per heavy atom. The zero-order valence-electron chi connectivity index (χ0n) is 11.5. The predicted octanol–water partition coefficient (Wildman–Crippen LogP) is 2.11. The SMILES string of the molecule is C[C@H](NC(=O)c1cn2c(n1)CCCC2)c1cccnc1. The van der Waals surface area contributed by atoms with E-state index < -0.39 is 0 Å². The van der Waals surface area contributed by atoms with Gasteiger partial charge in [-0.15, -0.1) is 0 Å². The molecule has 2 aromatic rings. The highest BCUT2D eigenvalue weighted by molar-refractivity contribution is 5.92. The monoisotopic (exact) mass is 270 g/mol. The van der Waals surface area contributed by atoms with Crippen molar-refractivity contribution < 1.29 is 4.79 Å². The summed E-state index contributed by atoms with van der Waals surface area (Å²) in [6.07, 6.45) is 8.64. The molecule has 1 N–H and O–H groups in total. The van der Waals surface area contributed by atoms with Crippen molar-refractivity contribution in [2.75, 3.05) is 0 Å². The van der Waals surface area contributed by atoms with E-state index in [0.29, 0.717) is 5.69 Å². The van der Waals surface area contributed by atoms with Crippen LogP contribution in [0.3, 0.4) is 0 Å². The minimum Gasteiger partial charge on any atom is -0.344 e. The first-order valence-corrected chi connectivity index (χ1v) is 7.01. The lowest BCUT2D eigenvalue weighted by atomic mass is 10.1. The molecule has 1 aliphatic rings. The zero-order chi connectivity index (χ0) is 13.9. The fraction of sp³-hybridized carbons (Fsp3) is 0.400. The summed E-state index contributed by atoms with van der Waals surface area (Å²) in [5.74, 6) is 0.902. The van der Waals surface area contributed by atoms with E-state index in [-0.39, 0.29) is 11.9 Å². The highest BCUT2D eigenvalue weighted by Crippen LogP contribution is 2.16. The van der Waals surface area contributed by atoms with Gasteiger partial charge in [0.1, 0.15) is 11.5 Å². The van der Waals surface area contributed by atoms with Gasteiger partial charge in [0, 0.05) is 31.6 Å². The normalized spacial score (nSPS) is 15.4. The molecule has 0 radical (unpaired) electrons. The van der Waals surface area contributed by atoms with E-state index in [4.69, 9.17) is 0 Å². The lowest BCUT2D eigenvalue weighted by Gasteiger charge is -2.12. The molecule has 3 rings (SSSR count). The third kappa shape index (κ3) is 2.57. The van der Waals surface area contributed by atoms with Crippen LogP contribution in [-0.2, 0) is 13.0 Å². The highest BCUT2D eigenvalue weighted by atomic mass is 16.2. The van der Waals surface area contributed by atoms with E-state index >= 15 is 0 Å². The summed E-state index contributed by atoms with van der Waals surface area (Å²) in [6, 6.07) is 3.75. The lowest BCUT2D eigenvalue weighted by molar-refractivity contribution is 0.0935. The van der Waals surface area contributed by atoms with Gasteiger partial charge in [0.15, 0.2) is 0 Å². The van der Waals surface area contributed by atoms with Crippen molar-refractivity contribution >= 4 is 5.91 Å². The number of hydrogen-bond donors (Lipinski definition) is 1. The molecule has 5 nitrogen and oxygen atoms in total. The fourth-order valence-corrected chi connectivity index (χ4v) is 2.51. The maximum atomic E-state index is 12.2. The summed E-state index contributed by atoms with van der Waals surface area (Å²) in [5.41, 5.74) is 1.50. The second-order valence-electron chi connectivity index (χ2n) is 5.17. The number of aryl methyl sites for hydroxylation is 2. The topological polar surface area (TPSA) is 59.8 Å². The molecule has 1 aliphatic heterocycles. The number of pyridine rings is 1. The standard InChI is InChI=1S/C15H18N4O/c1-11(12-5-4-7-16-9-12)17-15(20)13-10-19-8-3-2-6-14(19)18-13/h4-5,7,9-11H,2-3,6,8H2,1H3,(H,17,20)/t11-/m0/s1. The van der Waals surface area contributed by atoms with E-state index in [0.717, 1.165) is 37.2 Å². The quantitative estimate of drug-likeness (QED) is 0.929. The summed E-state index contributed by atoms with van der Waals surface area (Å²) in [4.78, 5) is 20.7. The van der Waals surface area contributed by atoms with Gasteiger partial charge in [-0.05, 0) is 31.4 Å². The summed E-state index contributed by atoms with van der Waals surface area (Å²) in [5, 5.41) is 2.97. The first kappa shape index (κ1) is 12.8. The zero-order valence-corrected chi connectivity index (χ0v) is 11.5. The van der Waals surface area contributed by atoms with Crippen LogP contribution in [0.1, 0.15) is 47.7 Å². The molecule has 0 saturated carbocycles. The molecule has 1 amide bonds. The van der Waals surface area contributed by atoms with Gasteiger partial charge in [-0.1, -0.05) is 6.07 Å². The van der Waals surface area contributed by atoms with Crippen LogP contribution in [0.4, 0.5) is 0 Å². The molecule has 20 heavy (non-hydrogen) atoms. The number of aromatic nitrogens is 3. The van der Waals surface area contributed by atoms with Crippen molar-refractivity contribution in [2.24, 2.45) is 0 Å². The number of rotatable bonds is 3. The van der Waals surface area contributed by atoms with E-state index in [1.165, 1.54) is 0 Å². The maximum Gasteiger partial charge on any atom is 0.271 e. The van der Waals surface area contributed by atoms with Gasteiger partial charge in [0.2, 0.25) is 0 Å². The van der Waals surface area contributed by atoms with Crippen molar-refractivity contribution in [3.63, 3.8) is 0 Å². The van der Waals surface area contributed by atoms with E-state index in [2.05, 4.69) is 19.9 Å². The average molecular weight is 270 g/mol. The molecule has 0 fully saturated rings. The van der Waals surface area contributed by atoms with Crippen LogP contribution in [0, 0.1) is 0 Å². The van der Waals surface area contributed by atoms with Crippen LogP contribution in [0.15, 0.2) is 30.7 Å². The Morgan fingerprint density at radius 1 is 1.45 bits per heavy atom. The summed E-state index contributed by atoms with van der Waals surface area (Å²) >= 11 is 0. The van der Waals surface area contributed by atoms with Crippen molar-refractivity contribution in [3.05, 3.63) is 47.8 Å². The molecule has 0 saturated heterocycles. The Labute approximate surface area is 118 Å². The molecule has 104 valence electrons. The van der Waals surface area contributed by atoms with Crippen molar-refractivity contribution in [1.29, 1.82) is 0 Å². The van der Waals surface area contributed by atoms with Crippen LogP contribution in [-0.4, -0.2) is 20.4 Å². The van der Waals surface area contributed by atoms with Crippen LogP contribution >= 0.6 is 0 Å². The molecule has 0 spiro atoms. The van der Waals surface area contributed by atoms with Crippen molar-refractivity contribution in [1.82, 2.24) is 19.9 Å². The van der Waals surface area contributed by atoms with Crippen LogP contribution < -0.4 is 5.32 Å². The Hall–Kier alpha value is -2.17. The average Bonchev–Trinajstić information content (AvgIpc) is 2.92. The third-order valence-corrected chi connectivity index (χ3v) is 3.67. The molecule has 5 heteroatoms. The number of amides is 1. The predicted molar refractivity (Wildman–Crippen MR) is 75.3 cm³/mol. The van der Waals surface area contributed by atoms with Gasteiger partial charge in [-0.25, -0.2) is 4.98 Å². The first-order valence-electron chi connectivity index (χ1n) is 7.01. The molecule has 0 aromatic carbocycles. The molecule has 0 unspecified atom stereocenters. The highest BCUT2D eigenvalue weighted by Gasteiger charge is 2.18. The second-order valence-corrected chi connectivity index (χ2v) is 5.17. The fourth-order valence-electron chi connectivity index (χ4n) is 2.51. The Kier molecular flexibility index (Phi) is 3.50. The maximum absolute atomic E-state index is 12.2. The number of nitrogens with one attached hydrogen (secondary N) is 1. The van der Waals surface area contributed by atoms with Gasteiger partial charge in [-0.2, -0.15) is 0 Å². The first-order chi connectivity index (χ1) is 9.74. The lowest BCUT2D eigenvalue weighted by Crippen LogP contribution is -2.27. The molecule has 2 aromatic heterocycles. The third-order valence-electron chi connectivity index (χ3n) is 3.67. The van der Waals surface area contributed by atoms with E-state index in [1.54, 1.807) is 12.4 Å². The molecule has 1 atom stereocenters. The van der Waals surface area contributed by atoms with Gasteiger partial charge < -0.3 is 9.88 Å². The van der Waals surface area contributed by atoms with Crippen LogP contribution in [0.25, 0.3) is 0 Å². The molecule has 0 aliphatic carbocycles. The van der Waals surface area contributed by atoms with Crippen LogP contribution in [0.2, 0.25) is 0 Å². The number of hydrogen-bond acceptors (Lipinski definition) is 3. The minimum absolute atomic E-state index is 0.0741. The Morgan fingerprint density at radius 3 is 3.10 bits per heavy atom. The van der Waals surface area contributed by atoms with E-state index in [9.17, 15) is 4.79 Å². The smallest absolute Gasteiger partial charge is 0.271 e. The van der Waals surface area contributed by atoms with Gasteiger partial charge >= 0.3 is 0 Å². The minimum atomic E-state index is -0.122. The molecule has 3 heterocycles. The second kappa shape index (κ2) is 5.45. The number of imidazole rings is 1. The largest absolute Gasteiger partial charge is 0.344 e. The van der Waals surface area contributed by atoms with Crippen LogP contribution in [0.5, 0.6) is 0 Å². The van der Waals surface area contributed by atoms with Crippen molar-refractivity contribution in [3.8, 4) is 0 Å². The molecular weight excluding hydrogens is 252 g/mol. The van der Waals surface area contributed by atoms with Gasteiger partial charge in [-0.3, -0.25) is 9.78 Å². The number of fused-ring (bicyclic) bond motifs is 1. The summed E-state index contributed by atoms with van der Waals surface area (Å²) in [7, 11) is 0. The van der Waals surface area contributed by atoms with Gasteiger partial charge in [0.25, 0.3) is 5.91 Å². The Bertz CT molecular complexity index is 582. The number of carbonyl (C=O) groups is 1. The van der Waals surface area contributed by atoms with E-state index in [1.807, 2.05) is 25.3 Å². The number of carbonyl (C=O) groups excluding carboxylic acids is 1. The Balaban J connectivity index is 1.71. The van der Waals surface area contributed by atoms with Gasteiger partial charge in [0.05, 0.1) is 6.04 Å². The summed E-state index contributed by atoms with van der Waals surface area (Å²) in [6.45, 7) is 2.92.